The summed E-state index contributed by atoms with van der Waals surface area (Å²) < 4.78 is 0. The van der Waals surface area contributed by atoms with Gasteiger partial charge in [0.1, 0.15) is 0 Å². The molecule has 7 atom stereocenters. The normalized spacial score (nSPS) is 41.8. The monoisotopic (exact) mass is 396 g/mol. The average molecular weight is 397 g/mol. The molecule has 4 aliphatic carbocycles. The van der Waals surface area contributed by atoms with Gasteiger partial charge in [-0.15, -0.1) is 0 Å². The average Bonchev–Trinajstić information content (AvgIpc) is 3.03. The van der Waals surface area contributed by atoms with Crippen LogP contribution >= 0.6 is 0 Å². The second kappa shape index (κ2) is 7.70. The Hall–Kier alpha value is -0.820. The highest BCUT2D eigenvalue weighted by Gasteiger charge is 2.54. The molecule has 0 aromatic carbocycles. The second-order valence-corrected chi connectivity index (χ2v) is 11.8. The van der Waals surface area contributed by atoms with E-state index in [1.165, 1.54) is 25.7 Å². The van der Waals surface area contributed by atoms with Crippen LogP contribution in [0.15, 0.2) is 34.9 Å². The molecule has 0 bridgehead atoms. The van der Waals surface area contributed by atoms with E-state index in [1.54, 1.807) is 11.1 Å². The molecule has 0 amide bonds. The zero-order valence-electron chi connectivity index (χ0n) is 19.8. The van der Waals surface area contributed by atoms with Crippen LogP contribution in [-0.4, -0.2) is 11.2 Å². The van der Waals surface area contributed by atoms with E-state index in [-0.39, 0.29) is 11.5 Å². The van der Waals surface area contributed by atoms with Crippen molar-refractivity contribution in [3.05, 3.63) is 34.9 Å². The number of aliphatic hydroxyl groups is 1. The number of allylic oxidation sites excluding steroid dienone is 5. The molecular weight excluding hydrogens is 352 g/mol. The Bertz CT molecular complexity index is 725. The lowest BCUT2D eigenvalue weighted by Crippen LogP contribution is -2.41. The molecule has 29 heavy (non-hydrogen) atoms. The Morgan fingerprint density at radius 2 is 1.79 bits per heavy atom. The van der Waals surface area contributed by atoms with Crippen LogP contribution in [0.1, 0.15) is 92.9 Å². The number of fused-ring (bicyclic) bond motifs is 4. The van der Waals surface area contributed by atoms with E-state index in [9.17, 15) is 5.11 Å². The minimum absolute atomic E-state index is 0.109. The van der Waals surface area contributed by atoms with E-state index in [0.717, 1.165) is 43.4 Å². The van der Waals surface area contributed by atoms with Crippen molar-refractivity contribution in [2.75, 3.05) is 0 Å². The van der Waals surface area contributed by atoms with Crippen LogP contribution < -0.4 is 0 Å². The van der Waals surface area contributed by atoms with Crippen LogP contribution in [0.3, 0.4) is 0 Å². The van der Waals surface area contributed by atoms with Crippen molar-refractivity contribution in [3.63, 3.8) is 0 Å². The molecule has 162 valence electrons. The zero-order valence-corrected chi connectivity index (χ0v) is 19.8. The van der Waals surface area contributed by atoms with Crippen molar-refractivity contribution in [2.24, 2.45) is 40.4 Å². The fourth-order valence-corrected chi connectivity index (χ4v) is 7.51. The maximum absolute atomic E-state index is 10.2. The molecule has 0 heterocycles. The molecule has 4 rings (SSSR count). The highest BCUT2D eigenvalue weighted by atomic mass is 16.3. The minimum Gasteiger partial charge on any atom is -0.393 e. The van der Waals surface area contributed by atoms with Gasteiger partial charge in [-0.2, -0.15) is 0 Å². The summed E-state index contributed by atoms with van der Waals surface area (Å²) in [4.78, 5) is 0. The van der Waals surface area contributed by atoms with Crippen LogP contribution in [0.4, 0.5) is 0 Å². The molecular formula is C28H44O. The summed E-state index contributed by atoms with van der Waals surface area (Å²) in [6.45, 7) is 14.6. The maximum Gasteiger partial charge on any atom is 0.0578 e. The zero-order chi connectivity index (χ0) is 21.0. The Balaban J connectivity index is 1.57. The highest BCUT2D eigenvalue weighted by molar-refractivity contribution is 5.43. The van der Waals surface area contributed by atoms with E-state index >= 15 is 0 Å². The number of rotatable bonds is 4. The predicted molar refractivity (Wildman–Crippen MR) is 124 cm³/mol. The summed E-state index contributed by atoms with van der Waals surface area (Å²) in [5.74, 6) is 3.69. The first-order valence-electron chi connectivity index (χ1n) is 12.4. The van der Waals surface area contributed by atoms with Gasteiger partial charge in [-0.1, -0.05) is 76.5 Å². The molecule has 2 unspecified atom stereocenters. The van der Waals surface area contributed by atoms with E-state index < -0.39 is 0 Å². The van der Waals surface area contributed by atoms with Crippen LogP contribution in [0.2, 0.25) is 0 Å². The van der Waals surface area contributed by atoms with Gasteiger partial charge in [-0.05, 0) is 86.4 Å². The van der Waals surface area contributed by atoms with Crippen LogP contribution in [0, 0.1) is 40.4 Å². The molecule has 0 saturated heterocycles. The molecule has 0 aliphatic heterocycles. The number of hydrogen-bond acceptors (Lipinski definition) is 1. The second-order valence-electron chi connectivity index (χ2n) is 11.8. The Labute approximate surface area is 179 Å². The molecule has 1 nitrogen and oxygen atoms in total. The molecule has 1 N–H and O–H groups in total. The molecule has 0 radical (unpaired) electrons. The van der Waals surface area contributed by atoms with Crippen molar-refractivity contribution < 1.29 is 5.11 Å². The van der Waals surface area contributed by atoms with Crippen LogP contribution in [0.25, 0.3) is 0 Å². The largest absolute Gasteiger partial charge is 0.393 e. The van der Waals surface area contributed by atoms with Gasteiger partial charge in [0.25, 0.3) is 0 Å². The summed E-state index contributed by atoms with van der Waals surface area (Å²) in [7, 11) is 0. The lowest BCUT2D eigenvalue weighted by Gasteiger charge is -2.52. The lowest BCUT2D eigenvalue weighted by molar-refractivity contribution is 0.0971. The molecule has 4 aliphatic rings. The SMILES string of the molecule is CC(C)C(C)C=C[C@@H](C)[C@H]1CC[C@H]2C3=C(CC[C@]12C)[C@@]1(C)CCC(O)CC1=CC3. The van der Waals surface area contributed by atoms with Crippen LogP contribution in [-0.2, 0) is 0 Å². The molecule has 0 aromatic heterocycles. The Kier molecular flexibility index (Phi) is 5.69. The molecule has 1 heteroatoms. The van der Waals surface area contributed by atoms with Gasteiger partial charge in [-0.25, -0.2) is 0 Å². The minimum atomic E-state index is -0.109. The summed E-state index contributed by atoms with van der Waals surface area (Å²) in [5.41, 5.74) is 5.88. The quantitative estimate of drug-likeness (QED) is 0.488. The van der Waals surface area contributed by atoms with E-state index in [4.69, 9.17) is 0 Å². The first kappa shape index (κ1) is 21.4. The molecule has 2 saturated carbocycles. The van der Waals surface area contributed by atoms with Crippen LogP contribution in [0.5, 0.6) is 0 Å². The molecule has 0 spiro atoms. The number of aliphatic hydroxyl groups excluding tert-OH is 1. The van der Waals surface area contributed by atoms with Gasteiger partial charge >= 0.3 is 0 Å². The van der Waals surface area contributed by atoms with Crippen molar-refractivity contribution in [1.29, 1.82) is 0 Å². The third-order valence-electron chi connectivity index (χ3n) is 9.91. The summed E-state index contributed by atoms with van der Waals surface area (Å²) in [6, 6.07) is 0. The lowest BCUT2D eigenvalue weighted by atomic mass is 9.53. The summed E-state index contributed by atoms with van der Waals surface area (Å²) in [6.07, 6.45) is 17.1. The topological polar surface area (TPSA) is 20.2 Å². The van der Waals surface area contributed by atoms with Gasteiger partial charge in [0.2, 0.25) is 0 Å². The van der Waals surface area contributed by atoms with E-state index in [2.05, 4.69) is 59.8 Å². The van der Waals surface area contributed by atoms with E-state index in [1.807, 2.05) is 5.57 Å². The number of hydrogen-bond donors (Lipinski definition) is 1. The molecule has 2 fully saturated rings. The summed E-state index contributed by atoms with van der Waals surface area (Å²) in [5, 5.41) is 10.2. The van der Waals surface area contributed by atoms with Gasteiger partial charge in [0, 0.05) is 5.41 Å². The summed E-state index contributed by atoms with van der Waals surface area (Å²) >= 11 is 0. The fraction of sp³-hybridized carbons (Fsp3) is 0.786. The standard InChI is InChI=1S/C28H44O/c1-18(2)19(3)7-8-20(4)24-11-12-25-23-10-9-21-17-22(29)13-15-27(21,5)26(23)14-16-28(24,25)6/h7-9,18-20,22,24-25,29H,10-17H2,1-6H3/t19?,20-,22?,24-,25+,27+,28-/m1/s1. The van der Waals surface area contributed by atoms with Gasteiger partial charge in [0.05, 0.1) is 6.10 Å². The van der Waals surface area contributed by atoms with Crippen molar-refractivity contribution in [1.82, 2.24) is 0 Å². The van der Waals surface area contributed by atoms with Crippen molar-refractivity contribution in [2.45, 2.75) is 99.0 Å². The maximum atomic E-state index is 10.2. The van der Waals surface area contributed by atoms with E-state index in [0.29, 0.717) is 17.3 Å². The van der Waals surface area contributed by atoms with Gasteiger partial charge in [0.15, 0.2) is 0 Å². The van der Waals surface area contributed by atoms with Gasteiger partial charge < -0.3 is 5.11 Å². The van der Waals surface area contributed by atoms with Crippen molar-refractivity contribution in [3.8, 4) is 0 Å². The first-order valence-corrected chi connectivity index (χ1v) is 12.4. The van der Waals surface area contributed by atoms with Gasteiger partial charge in [-0.3, -0.25) is 0 Å². The van der Waals surface area contributed by atoms with Crippen molar-refractivity contribution >= 4 is 0 Å². The Morgan fingerprint density at radius 3 is 2.52 bits per heavy atom. The third-order valence-corrected chi connectivity index (χ3v) is 9.91. The molecule has 0 aromatic rings. The highest BCUT2D eigenvalue weighted by Crippen LogP contribution is 2.64. The third kappa shape index (κ3) is 3.50. The predicted octanol–water partition coefficient (Wildman–Crippen LogP) is 7.47. The Morgan fingerprint density at radius 1 is 1.03 bits per heavy atom. The first-order chi connectivity index (χ1) is 13.7. The fourth-order valence-electron chi connectivity index (χ4n) is 7.51. The smallest absolute Gasteiger partial charge is 0.0578 e.